The predicted octanol–water partition coefficient (Wildman–Crippen LogP) is 4.17. The highest BCUT2D eigenvalue weighted by Gasteiger charge is 2.27. The van der Waals surface area contributed by atoms with Crippen molar-refractivity contribution in [2.45, 2.75) is 33.2 Å². The van der Waals surface area contributed by atoms with Gasteiger partial charge >= 0.3 is 0 Å². The quantitative estimate of drug-likeness (QED) is 0.650. The molecule has 25 heavy (non-hydrogen) atoms. The third kappa shape index (κ3) is 2.76. The smallest absolute Gasteiger partial charge is 0.273 e. The molecule has 5 heteroatoms. The largest absolute Gasteiger partial charge is 0.333 e. The van der Waals surface area contributed by atoms with Crippen molar-refractivity contribution in [3.05, 3.63) is 69.1 Å². The molecule has 0 saturated carbocycles. The molecule has 0 atom stereocenters. The number of nitrogens with zero attached hydrogens (tertiary/aromatic N) is 3. The van der Waals surface area contributed by atoms with Crippen LogP contribution in [-0.2, 0) is 19.4 Å². The van der Waals surface area contributed by atoms with Crippen LogP contribution in [0.25, 0.3) is 5.65 Å². The molecule has 0 unspecified atom stereocenters. The first-order chi connectivity index (χ1) is 12.1. The van der Waals surface area contributed by atoms with E-state index < -0.39 is 0 Å². The molecule has 1 aliphatic heterocycles. The van der Waals surface area contributed by atoms with E-state index in [4.69, 9.17) is 4.98 Å². The van der Waals surface area contributed by atoms with Gasteiger partial charge in [-0.25, -0.2) is 4.98 Å². The lowest BCUT2D eigenvalue weighted by atomic mass is 9.99. The number of amides is 1. The standard InChI is InChI=1S/C20H20BrN3O/c1-3-17-18(24-12-16(21)10-13(2)19(24)22-17)20(25)23-9-8-14-6-4-5-7-15(14)11-23/h4-7,10,12H,3,8-9,11H2,1-2H3. The van der Waals surface area contributed by atoms with Gasteiger partial charge in [-0.3, -0.25) is 9.20 Å². The van der Waals surface area contributed by atoms with Gasteiger partial charge in [0.2, 0.25) is 0 Å². The number of hydrogen-bond acceptors (Lipinski definition) is 2. The Morgan fingerprint density at radius 3 is 2.80 bits per heavy atom. The summed E-state index contributed by atoms with van der Waals surface area (Å²) in [6, 6.07) is 10.4. The third-order valence-electron chi connectivity index (χ3n) is 4.90. The zero-order valence-corrected chi connectivity index (χ0v) is 16.0. The summed E-state index contributed by atoms with van der Waals surface area (Å²) in [7, 11) is 0. The molecule has 128 valence electrons. The van der Waals surface area contributed by atoms with Gasteiger partial charge in [-0.05, 0) is 58.5 Å². The molecular weight excluding hydrogens is 378 g/mol. The fraction of sp³-hybridized carbons (Fsp3) is 0.300. The Morgan fingerprint density at radius 2 is 2.04 bits per heavy atom. The van der Waals surface area contributed by atoms with Crippen LogP contribution in [-0.4, -0.2) is 26.7 Å². The maximum Gasteiger partial charge on any atom is 0.273 e. The van der Waals surface area contributed by atoms with Crippen LogP contribution >= 0.6 is 15.9 Å². The van der Waals surface area contributed by atoms with Gasteiger partial charge in [0.15, 0.2) is 0 Å². The summed E-state index contributed by atoms with van der Waals surface area (Å²) in [6.45, 7) is 5.49. The van der Waals surface area contributed by atoms with E-state index in [0.29, 0.717) is 12.2 Å². The highest BCUT2D eigenvalue weighted by Crippen LogP contribution is 2.25. The average Bonchev–Trinajstić information content (AvgIpc) is 2.99. The van der Waals surface area contributed by atoms with Crippen LogP contribution in [0.4, 0.5) is 0 Å². The molecule has 4 nitrogen and oxygen atoms in total. The van der Waals surface area contributed by atoms with Crippen molar-refractivity contribution in [2.75, 3.05) is 6.54 Å². The Morgan fingerprint density at radius 1 is 1.28 bits per heavy atom. The van der Waals surface area contributed by atoms with Crippen molar-refractivity contribution in [3.8, 4) is 0 Å². The van der Waals surface area contributed by atoms with E-state index in [0.717, 1.165) is 40.8 Å². The molecule has 1 aliphatic rings. The molecule has 0 spiro atoms. The molecule has 0 radical (unpaired) electrons. The fourth-order valence-electron chi connectivity index (χ4n) is 3.61. The zero-order valence-electron chi connectivity index (χ0n) is 14.4. The molecule has 0 N–H and O–H groups in total. The SMILES string of the molecule is CCc1nc2c(C)cc(Br)cn2c1C(=O)N1CCc2ccccc2C1. The number of aromatic nitrogens is 2. The maximum absolute atomic E-state index is 13.3. The molecule has 0 aliphatic carbocycles. The Balaban J connectivity index is 1.78. The number of aryl methyl sites for hydroxylation is 2. The van der Waals surface area contributed by atoms with Gasteiger partial charge in [0.1, 0.15) is 11.3 Å². The highest BCUT2D eigenvalue weighted by molar-refractivity contribution is 9.10. The first kappa shape index (κ1) is 16.3. The summed E-state index contributed by atoms with van der Waals surface area (Å²) in [5, 5.41) is 0. The van der Waals surface area contributed by atoms with Crippen molar-refractivity contribution in [1.82, 2.24) is 14.3 Å². The third-order valence-corrected chi connectivity index (χ3v) is 5.33. The van der Waals surface area contributed by atoms with Crippen LogP contribution in [0.2, 0.25) is 0 Å². The molecule has 0 bridgehead atoms. The molecular formula is C20H20BrN3O. The topological polar surface area (TPSA) is 37.6 Å². The number of rotatable bonds is 2. The molecule has 4 rings (SSSR count). The van der Waals surface area contributed by atoms with Crippen LogP contribution in [0.1, 0.15) is 39.8 Å². The van der Waals surface area contributed by atoms with Gasteiger partial charge in [0.05, 0.1) is 5.69 Å². The molecule has 3 aromatic rings. The maximum atomic E-state index is 13.3. The summed E-state index contributed by atoms with van der Waals surface area (Å²) < 4.78 is 2.90. The Kier molecular flexibility index (Phi) is 4.12. The summed E-state index contributed by atoms with van der Waals surface area (Å²) in [4.78, 5) is 20.0. The zero-order chi connectivity index (χ0) is 17.6. The minimum absolute atomic E-state index is 0.0661. The van der Waals surface area contributed by atoms with Gasteiger partial charge < -0.3 is 4.90 Å². The second kappa shape index (κ2) is 6.30. The number of pyridine rings is 1. The summed E-state index contributed by atoms with van der Waals surface area (Å²) in [6.07, 6.45) is 3.59. The van der Waals surface area contributed by atoms with Gasteiger partial charge in [-0.1, -0.05) is 31.2 Å². The van der Waals surface area contributed by atoms with Gasteiger partial charge in [-0.2, -0.15) is 0 Å². The number of fused-ring (bicyclic) bond motifs is 2. The lowest BCUT2D eigenvalue weighted by Crippen LogP contribution is -2.37. The molecule has 1 amide bonds. The van der Waals surface area contributed by atoms with Crippen molar-refractivity contribution < 1.29 is 4.79 Å². The molecule has 1 aromatic carbocycles. The number of benzene rings is 1. The average molecular weight is 398 g/mol. The van der Waals surface area contributed by atoms with Crippen LogP contribution in [0.15, 0.2) is 41.0 Å². The van der Waals surface area contributed by atoms with E-state index in [-0.39, 0.29) is 5.91 Å². The number of carbonyl (C=O) groups is 1. The van der Waals surface area contributed by atoms with Crippen LogP contribution < -0.4 is 0 Å². The van der Waals surface area contributed by atoms with Crippen LogP contribution in [0, 0.1) is 6.92 Å². The lowest BCUT2D eigenvalue weighted by Gasteiger charge is -2.29. The monoisotopic (exact) mass is 397 g/mol. The second-order valence-electron chi connectivity index (χ2n) is 6.54. The minimum atomic E-state index is 0.0661. The van der Waals surface area contributed by atoms with Crippen molar-refractivity contribution >= 4 is 27.5 Å². The van der Waals surface area contributed by atoms with Gasteiger partial charge in [0, 0.05) is 23.8 Å². The van der Waals surface area contributed by atoms with E-state index in [1.54, 1.807) is 0 Å². The first-order valence-electron chi connectivity index (χ1n) is 8.61. The normalized spacial score (nSPS) is 14.0. The summed E-state index contributed by atoms with van der Waals surface area (Å²) in [5.41, 5.74) is 6.07. The first-order valence-corrected chi connectivity index (χ1v) is 9.41. The van der Waals surface area contributed by atoms with E-state index in [9.17, 15) is 4.79 Å². The van der Waals surface area contributed by atoms with Crippen LogP contribution in [0.3, 0.4) is 0 Å². The predicted molar refractivity (Wildman–Crippen MR) is 102 cm³/mol. The summed E-state index contributed by atoms with van der Waals surface area (Å²) >= 11 is 3.54. The Labute approximate surface area is 155 Å². The number of carbonyl (C=O) groups excluding carboxylic acids is 1. The summed E-state index contributed by atoms with van der Waals surface area (Å²) in [5.74, 6) is 0.0661. The number of halogens is 1. The van der Waals surface area contributed by atoms with E-state index in [1.165, 1.54) is 11.1 Å². The number of hydrogen-bond donors (Lipinski definition) is 0. The lowest BCUT2D eigenvalue weighted by molar-refractivity contribution is 0.0726. The van der Waals surface area contributed by atoms with Gasteiger partial charge in [0.25, 0.3) is 5.91 Å². The Hall–Kier alpha value is -2.14. The fourth-order valence-corrected chi connectivity index (χ4v) is 4.16. The molecule has 3 heterocycles. The van der Waals surface area contributed by atoms with E-state index >= 15 is 0 Å². The minimum Gasteiger partial charge on any atom is -0.333 e. The second-order valence-corrected chi connectivity index (χ2v) is 7.46. The van der Waals surface area contributed by atoms with Crippen LogP contribution in [0.5, 0.6) is 0 Å². The number of imidazole rings is 1. The Bertz CT molecular complexity index is 976. The highest BCUT2D eigenvalue weighted by atomic mass is 79.9. The van der Waals surface area contributed by atoms with Crippen molar-refractivity contribution in [1.29, 1.82) is 0 Å². The van der Waals surface area contributed by atoms with Gasteiger partial charge in [-0.15, -0.1) is 0 Å². The van der Waals surface area contributed by atoms with Crippen molar-refractivity contribution in [2.24, 2.45) is 0 Å². The molecule has 0 fully saturated rings. The van der Waals surface area contributed by atoms with E-state index in [1.807, 2.05) is 34.6 Å². The molecule has 2 aromatic heterocycles. The van der Waals surface area contributed by atoms with Crippen molar-refractivity contribution in [3.63, 3.8) is 0 Å². The van der Waals surface area contributed by atoms with E-state index in [2.05, 4.69) is 41.1 Å². The molecule has 0 saturated heterocycles.